The quantitative estimate of drug-likeness (QED) is 0.660. The highest BCUT2D eigenvalue weighted by molar-refractivity contribution is 7.91. The Morgan fingerprint density at radius 1 is 1.13 bits per heavy atom. The molecular weight excluding hydrogens is 429 g/mol. The number of aromatic nitrogens is 2. The second-order valence-electron chi connectivity index (χ2n) is 7.13. The lowest BCUT2D eigenvalue weighted by Gasteiger charge is -2.19. The Bertz CT molecular complexity index is 1180. The lowest BCUT2D eigenvalue weighted by molar-refractivity contribution is 0.0760. The van der Waals surface area contributed by atoms with Crippen LogP contribution in [0.3, 0.4) is 0 Å². The lowest BCUT2D eigenvalue weighted by Crippen LogP contribution is -2.33. The first-order chi connectivity index (χ1) is 14.3. The van der Waals surface area contributed by atoms with Gasteiger partial charge >= 0.3 is 0 Å². The van der Waals surface area contributed by atoms with Crippen LogP contribution in [0.5, 0.6) is 0 Å². The molecule has 3 aromatic rings. The number of halogens is 2. The summed E-state index contributed by atoms with van der Waals surface area (Å²) < 4.78 is 38.8. The van der Waals surface area contributed by atoms with Crippen LogP contribution in [0.15, 0.2) is 54.6 Å². The van der Waals surface area contributed by atoms with Crippen molar-refractivity contribution < 1.29 is 17.6 Å². The predicted molar refractivity (Wildman–Crippen MR) is 112 cm³/mol. The van der Waals surface area contributed by atoms with Crippen LogP contribution in [0.1, 0.15) is 27.7 Å². The van der Waals surface area contributed by atoms with Crippen molar-refractivity contribution in [2.45, 2.75) is 11.7 Å². The maximum absolute atomic E-state index is 13.1. The molecule has 2 heterocycles. The van der Waals surface area contributed by atoms with Gasteiger partial charge in [0.2, 0.25) is 0 Å². The van der Waals surface area contributed by atoms with Crippen molar-refractivity contribution in [3.8, 4) is 11.3 Å². The monoisotopic (exact) mass is 447 g/mol. The van der Waals surface area contributed by atoms with Gasteiger partial charge in [-0.15, -0.1) is 0 Å². The minimum Gasteiger partial charge on any atom is -0.336 e. The lowest BCUT2D eigenvalue weighted by atomic mass is 10.1. The van der Waals surface area contributed by atoms with Crippen molar-refractivity contribution in [2.75, 3.05) is 18.8 Å². The molecule has 30 heavy (non-hydrogen) atoms. The van der Waals surface area contributed by atoms with Crippen LogP contribution >= 0.6 is 11.6 Å². The molecule has 1 fully saturated rings. The Labute approximate surface area is 178 Å². The van der Waals surface area contributed by atoms with Gasteiger partial charge in [0.15, 0.2) is 9.84 Å². The second-order valence-corrected chi connectivity index (χ2v) is 9.84. The van der Waals surface area contributed by atoms with E-state index in [1.165, 1.54) is 17.0 Å². The van der Waals surface area contributed by atoms with Gasteiger partial charge in [-0.3, -0.25) is 9.89 Å². The summed E-state index contributed by atoms with van der Waals surface area (Å²) in [7, 11) is -3.47. The van der Waals surface area contributed by atoms with Gasteiger partial charge in [0.25, 0.3) is 5.91 Å². The van der Waals surface area contributed by atoms with Gasteiger partial charge in [0.1, 0.15) is 11.5 Å². The number of H-pyrrole nitrogens is 1. The number of carbonyl (C=O) groups is 1. The highest BCUT2D eigenvalue weighted by Crippen LogP contribution is 2.34. The third-order valence-corrected chi connectivity index (χ3v) is 7.68. The summed E-state index contributed by atoms with van der Waals surface area (Å²) in [6, 6.07) is 14.3. The van der Waals surface area contributed by atoms with E-state index >= 15 is 0 Å². The van der Waals surface area contributed by atoms with Gasteiger partial charge in [-0.2, -0.15) is 5.10 Å². The van der Waals surface area contributed by atoms with Crippen LogP contribution in [0.2, 0.25) is 5.02 Å². The molecule has 1 atom stereocenters. The van der Waals surface area contributed by atoms with E-state index in [1.807, 2.05) is 0 Å². The second kappa shape index (κ2) is 8.20. The van der Waals surface area contributed by atoms with E-state index in [4.69, 9.17) is 11.6 Å². The summed E-state index contributed by atoms with van der Waals surface area (Å²) >= 11 is 6.22. The molecule has 9 heteroatoms. The molecule has 1 N–H and O–H groups in total. The molecule has 2 aromatic carbocycles. The van der Waals surface area contributed by atoms with Crippen LogP contribution in [0.4, 0.5) is 4.39 Å². The van der Waals surface area contributed by atoms with Crippen LogP contribution in [-0.4, -0.2) is 48.3 Å². The van der Waals surface area contributed by atoms with E-state index < -0.39 is 15.1 Å². The van der Waals surface area contributed by atoms with E-state index in [-0.39, 0.29) is 42.7 Å². The molecular formula is C21H19ClFN3O3S. The van der Waals surface area contributed by atoms with E-state index in [1.54, 1.807) is 42.5 Å². The molecule has 0 saturated carbocycles. The summed E-state index contributed by atoms with van der Waals surface area (Å²) in [5.41, 5.74) is 2.00. The molecule has 4 rings (SSSR count). The summed E-state index contributed by atoms with van der Waals surface area (Å²) in [6.45, 7) is 0.367. The Morgan fingerprint density at radius 3 is 2.60 bits per heavy atom. The van der Waals surface area contributed by atoms with Crippen molar-refractivity contribution in [1.82, 2.24) is 15.1 Å². The van der Waals surface area contributed by atoms with Crippen molar-refractivity contribution in [2.24, 2.45) is 0 Å². The molecule has 1 saturated heterocycles. The number of hydrogen-bond acceptors (Lipinski definition) is 4. The zero-order chi connectivity index (χ0) is 21.3. The SMILES string of the molecule is O=C(c1cc(-c2ccc(F)cc2)n[nH]1)N1CC[C@H](c2ccccc2Cl)S(=O)(=O)CC1. The fraction of sp³-hybridized carbons (Fsp3) is 0.238. The van der Waals surface area contributed by atoms with Gasteiger partial charge in [-0.05, 0) is 48.4 Å². The topological polar surface area (TPSA) is 83.1 Å². The highest BCUT2D eigenvalue weighted by Gasteiger charge is 2.34. The number of nitrogens with zero attached hydrogens (tertiary/aromatic N) is 2. The van der Waals surface area contributed by atoms with E-state index in [2.05, 4.69) is 10.2 Å². The van der Waals surface area contributed by atoms with Crippen molar-refractivity contribution in [3.63, 3.8) is 0 Å². The molecule has 156 valence electrons. The molecule has 1 aliphatic heterocycles. The zero-order valence-corrected chi connectivity index (χ0v) is 17.5. The first kappa shape index (κ1) is 20.6. The van der Waals surface area contributed by atoms with Crippen LogP contribution in [0.25, 0.3) is 11.3 Å². The number of carbonyl (C=O) groups excluding carboxylic acids is 1. The first-order valence-electron chi connectivity index (χ1n) is 9.42. The summed E-state index contributed by atoms with van der Waals surface area (Å²) in [5, 5.41) is 6.49. The van der Waals surface area contributed by atoms with Gasteiger partial charge in [-0.25, -0.2) is 12.8 Å². The van der Waals surface area contributed by atoms with Crippen LogP contribution in [-0.2, 0) is 9.84 Å². The Hall–Kier alpha value is -2.71. The third-order valence-electron chi connectivity index (χ3n) is 5.23. The number of sulfone groups is 1. The summed E-state index contributed by atoms with van der Waals surface area (Å²) in [4.78, 5) is 14.5. The van der Waals surface area contributed by atoms with Gasteiger partial charge < -0.3 is 4.90 Å². The summed E-state index contributed by atoms with van der Waals surface area (Å²) in [6.07, 6.45) is 0.261. The molecule has 1 aliphatic rings. The smallest absolute Gasteiger partial charge is 0.271 e. The van der Waals surface area contributed by atoms with E-state index in [0.29, 0.717) is 21.8 Å². The minimum absolute atomic E-state index is 0.0903. The average molecular weight is 448 g/mol. The van der Waals surface area contributed by atoms with Crippen molar-refractivity contribution in [1.29, 1.82) is 0 Å². The Morgan fingerprint density at radius 2 is 1.87 bits per heavy atom. The number of hydrogen-bond donors (Lipinski definition) is 1. The molecule has 0 aliphatic carbocycles. The maximum Gasteiger partial charge on any atom is 0.271 e. The molecule has 1 aromatic heterocycles. The Kier molecular flexibility index (Phi) is 5.62. The maximum atomic E-state index is 13.1. The van der Waals surface area contributed by atoms with Crippen LogP contribution < -0.4 is 0 Å². The highest BCUT2D eigenvalue weighted by atomic mass is 35.5. The molecule has 0 bridgehead atoms. The molecule has 0 radical (unpaired) electrons. The largest absolute Gasteiger partial charge is 0.336 e. The van der Waals surface area contributed by atoms with Gasteiger partial charge in [0, 0.05) is 23.7 Å². The van der Waals surface area contributed by atoms with Crippen molar-refractivity contribution in [3.05, 3.63) is 76.7 Å². The fourth-order valence-electron chi connectivity index (χ4n) is 3.60. The molecule has 0 unspecified atom stereocenters. The number of benzene rings is 2. The number of rotatable bonds is 3. The Balaban J connectivity index is 1.54. The normalized spacial score (nSPS) is 18.7. The van der Waals surface area contributed by atoms with E-state index in [0.717, 1.165) is 0 Å². The molecule has 1 amide bonds. The molecule has 0 spiro atoms. The van der Waals surface area contributed by atoms with Gasteiger partial charge in [0.05, 0.1) is 16.7 Å². The third kappa shape index (κ3) is 4.11. The standard InChI is InChI=1S/C21H19ClFN3O3S/c22-17-4-2-1-3-16(17)20-9-10-26(11-12-30(20,28)29)21(27)19-13-18(24-25-19)14-5-7-15(23)8-6-14/h1-8,13,20H,9-12H2,(H,24,25)/t20-/m1/s1. The number of nitrogens with one attached hydrogen (secondary N) is 1. The average Bonchev–Trinajstić information content (AvgIpc) is 3.15. The molecule has 6 nitrogen and oxygen atoms in total. The zero-order valence-electron chi connectivity index (χ0n) is 15.9. The fourth-order valence-corrected chi connectivity index (χ4v) is 5.75. The predicted octanol–water partition coefficient (Wildman–Crippen LogP) is 3.87. The van der Waals surface area contributed by atoms with Gasteiger partial charge in [-0.1, -0.05) is 29.8 Å². The first-order valence-corrected chi connectivity index (χ1v) is 11.5. The number of aromatic amines is 1. The van der Waals surface area contributed by atoms with Crippen molar-refractivity contribution >= 4 is 27.3 Å². The van der Waals surface area contributed by atoms with Crippen LogP contribution in [0, 0.1) is 5.82 Å². The van der Waals surface area contributed by atoms with E-state index in [9.17, 15) is 17.6 Å². The number of amides is 1. The minimum atomic E-state index is -3.47. The summed E-state index contributed by atoms with van der Waals surface area (Å²) in [5.74, 6) is -0.830.